The molecule has 0 radical (unpaired) electrons. The first-order valence-electron chi connectivity index (χ1n) is 7.38. The molecule has 2 aromatic rings. The van der Waals surface area contributed by atoms with Crippen LogP contribution in [0.2, 0.25) is 0 Å². The van der Waals surface area contributed by atoms with Gasteiger partial charge in [-0.2, -0.15) is 0 Å². The van der Waals surface area contributed by atoms with E-state index in [1.54, 1.807) is 42.4 Å². The summed E-state index contributed by atoms with van der Waals surface area (Å²) in [4.78, 5) is 29.2. The Bertz CT molecular complexity index is 718. The highest BCUT2D eigenvalue weighted by Gasteiger charge is 2.22. The largest absolute Gasteiger partial charge is 0.335 e. The number of pyridine rings is 1. The Morgan fingerprint density at radius 2 is 1.79 bits per heavy atom. The fraction of sp³-hybridized carbons (Fsp3) is 0.176. The van der Waals surface area contributed by atoms with Crippen LogP contribution in [0.4, 0.5) is 22.9 Å². The summed E-state index contributed by atoms with van der Waals surface area (Å²) in [6.45, 7) is 7.65. The van der Waals surface area contributed by atoms with Crippen molar-refractivity contribution >= 4 is 29.3 Å². The fourth-order valence-electron chi connectivity index (χ4n) is 2.00. The molecule has 0 atom stereocenters. The fourth-order valence-corrected chi connectivity index (χ4v) is 2.00. The number of carbonyl (C=O) groups is 1. The topological polar surface area (TPSA) is 79.6 Å². The molecule has 0 spiro atoms. The molecule has 0 aliphatic rings. The van der Waals surface area contributed by atoms with Gasteiger partial charge in [0.2, 0.25) is 6.41 Å². The Hall–Kier alpha value is -3.22. The molecule has 0 saturated heterocycles. The molecule has 0 saturated carbocycles. The quantitative estimate of drug-likeness (QED) is 0.456. The van der Waals surface area contributed by atoms with Gasteiger partial charge in [-0.25, -0.2) is 4.98 Å². The molecular formula is C17H20N4O3. The van der Waals surface area contributed by atoms with Crippen molar-refractivity contribution in [2.75, 3.05) is 16.8 Å². The monoisotopic (exact) mass is 328 g/mol. The SMILES string of the molecule is C=CN(C)c1ncccc1N(C=O)c1ccccc1[N+](=O)[O-].CC. The van der Waals surface area contributed by atoms with Crippen LogP contribution in [0, 0.1) is 10.1 Å². The predicted octanol–water partition coefficient (Wildman–Crippen LogP) is 3.89. The molecule has 0 fully saturated rings. The van der Waals surface area contributed by atoms with E-state index in [2.05, 4.69) is 11.6 Å². The Labute approximate surface area is 141 Å². The van der Waals surface area contributed by atoms with Gasteiger partial charge in [-0.15, -0.1) is 0 Å². The van der Waals surface area contributed by atoms with Crippen molar-refractivity contribution in [1.29, 1.82) is 0 Å². The van der Waals surface area contributed by atoms with Crippen molar-refractivity contribution in [2.45, 2.75) is 13.8 Å². The minimum absolute atomic E-state index is 0.161. The van der Waals surface area contributed by atoms with Gasteiger partial charge in [0.25, 0.3) is 5.69 Å². The predicted molar refractivity (Wildman–Crippen MR) is 95.5 cm³/mol. The molecule has 24 heavy (non-hydrogen) atoms. The first-order chi connectivity index (χ1) is 11.6. The Morgan fingerprint density at radius 3 is 2.38 bits per heavy atom. The minimum atomic E-state index is -0.529. The third kappa shape index (κ3) is 3.95. The van der Waals surface area contributed by atoms with Gasteiger partial charge in [0.15, 0.2) is 5.82 Å². The van der Waals surface area contributed by atoms with Crippen LogP contribution in [0.15, 0.2) is 55.4 Å². The van der Waals surface area contributed by atoms with Crippen LogP contribution < -0.4 is 9.80 Å². The third-order valence-corrected chi connectivity index (χ3v) is 3.08. The van der Waals surface area contributed by atoms with Crippen molar-refractivity contribution in [3.63, 3.8) is 0 Å². The highest BCUT2D eigenvalue weighted by molar-refractivity contribution is 5.94. The van der Waals surface area contributed by atoms with Gasteiger partial charge in [0.05, 0.1) is 10.6 Å². The van der Waals surface area contributed by atoms with E-state index in [1.807, 2.05) is 13.8 Å². The lowest BCUT2D eigenvalue weighted by Gasteiger charge is -2.23. The number of amides is 1. The minimum Gasteiger partial charge on any atom is -0.335 e. The van der Waals surface area contributed by atoms with Crippen molar-refractivity contribution in [3.8, 4) is 0 Å². The number of carbonyl (C=O) groups excluding carboxylic acids is 1. The van der Waals surface area contributed by atoms with Crippen molar-refractivity contribution in [2.24, 2.45) is 0 Å². The summed E-state index contributed by atoms with van der Waals surface area (Å²) in [6, 6.07) is 9.35. The number of nitro benzene ring substituents is 1. The molecule has 126 valence electrons. The van der Waals surface area contributed by atoms with Crippen LogP contribution >= 0.6 is 0 Å². The second kappa shape index (κ2) is 9.04. The lowest BCUT2D eigenvalue weighted by Crippen LogP contribution is -2.20. The molecule has 0 N–H and O–H groups in total. The summed E-state index contributed by atoms with van der Waals surface area (Å²) in [5.41, 5.74) is 0.439. The van der Waals surface area contributed by atoms with Crippen LogP contribution in [0.5, 0.6) is 0 Å². The average Bonchev–Trinajstić information content (AvgIpc) is 2.64. The van der Waals surface area contributed by atoms with Crippen molar-refractivity contribution in [1.82, 2.24) is 4.98 Å². The number of benzene rings is 1. The Kier molecular flexibility index (Phi) is 7.09. The normalized spacial score (nSPS) is 9.29. The number of anilines is 3. The number of rotatable bonds is 6. The van der Waals surface area contributed by atoms with Crippen LogP contribution in [-0.2, 0) is 4.79 Å². The molecule has 0 unspecified atom stereocenters. The van der Waals surface area contributed by atoms with Crippen LogP contribution in [-0.4, -0.2) is 23.4 Å². The molecule has 7 heteroatoms. The van der Waals surface area contributed by atoms with Gasteiger partial charge in [-0.05, 0) is 24.4 Å². The lowest BCUT2D eigenvalue weighted by atomic mass is 10.2. The van der Waals surface area contributed by atoms with E-state index in [0.29, 0.717) is 17.9 Å². The molecule has 1 heterocycles. The first kappa shape index (κ1) is 18.8. The number of hydrogen-bond acceptors (Lipinski definition) is 5. The van der Waals surface area contributed by atoms with E-state index in [-0.39, 0.29) is 11.4 Å². The van der Waals surface area contributed by atoms with E-state index < -0.39 is 4.92 Å². The molecule has 2 rings (SSSR count). The highest BCUT2D eigenvalue weighted by Crippen LogP contribution is 2.36. The number of para-hydroxylation sites is 2. The summed E-state index contributed by atoms with van der Waals surface area (Å²) in [6.07, 6.45) is 3.63. The first-order valence-corrected chi connectivity index (χ1v) is 7.38. The molecule has 7 nitrogen and oxygen atoms in total. The van der Waals surface area contributed by atoms with E-state index in [1.165, 1.54) is 23.2 Å². The number of nitro groups is 1. The zero-order valence-electron chi connectivity index (χ0n) is 13.9. The second-order valence-corrected chi connectivity index (χ2v) is 4.36. The molecule has 0 bridgehead atoms. The smallest absolute Gasteiger partial charge is 0.293 e. The van der Waals surface area contributed by atoms with Crippen LogP contribution in [0.1, 0.15) is 13.8 Å². The average molecular weight is 328 g/mol. The standard InChI is InChI=1S/C15H14N4O3.C2H6/c1-3-17(2)15-14(9-6-10-16-15)18(11-20)12-7-4-5-8-13(12)19(21)22;1-2/h3-11H,1H2,2H3;1-2H3. The maximum Gasteiger partial charge on any atom is 0.293 e. The molecule has 0 aliphatic carbocycles. The summed E-state index contributed by atoms with van der Waals surface area (Å²) >= 11 is 0. The van der Waals surface area contributed by atoms with Crippen LogP contribution in [0.25, 0.3) is 0 Å². The zero-order valence-corrected chi connectivity index (χ0v) is 13.9. The maximum atomic E-state index is 11.6. The maximum absolute atomic E-state index is 11.6. The lowest BCUT2D eigenvalue weighted by molar-refractivity contribution is -0.384. The molecular weight excluding hydrogens is 308 g/mol. The van der Waals surface area contributed by atoms with Crippen molar-refractivity contribution in [3.05, 3.63) is 65.5 Å². The van der Waals surface area contributed by atoms with Gasteiger partial charge in [-0.3, -0.25) is 19.8 Å². The van der Waals surface area contributed by atoms with Gasteiger partial charge in [0, 0.05) is 19.3 Å². The molecule has 1 amide bonds. The van der Waals surface area contributed by atoms with Gasteiger partial charge in [-0.1, -0.05) is 32.6 Å². The summed E-state index contributed by atoms with van der Waals surface area (Å²) in [7, 11) is 1.72. The Balaban J connectivity index is 0.00000139. The number of nitrogens with zero attached hydrogens (tertiary/aromatic N) is 4. The third-order valence-electron chi connectivity index (χ3n) is 3.08. The molecule has 1 aromatic heterocycles. The van der Waals surface area contributed by atoms with E-state index in [0.717, 1.165) is 0 Å². The molecule has 0 aliphatic heterocycles. The van der Waals surface area contributed by atoms with E-state index in [9.17, 15) is 14.9 Å². The number of aromatic nitrogens is 1. The van der Waals surface area contributed by atoms with Gasteiger partial charge >= 0.3 is 0 Å². The summed E-state index contributed by atoms with van der Waals surface area (Å²) in [5.74, 6) is 0.461. The highest BCUT2D eigenvalue weighted by atomic mass is 16.6. The van der Waals surface area contributed by atoms with E-state index >= 15 is 0 Å². The van der Waals surface area contributed by atoms with E-state index in [4.69, 9.17) is 0 Å². The zero-order chi connectivity index (χ0) is 18.1. The second-order valence-electron chi connectivity index (χ2n) is 4.36. The van der Waals surface area contributed by atoms with Gasteiger partial charge in [0.1, 0.15) is 5.69 Å². The van der Waals surface area contributed by atoms with Gasteiger partial charge < -0.3 is 4.90 Å². The summed E-state index contributed by atoms with van der Waals surface area (Å²) < 4.78 is 0. The number of hydrogen-bond donors (Lipinski definition) is 0. The summed E-state index contributed by atoms with van der Waals surface area (Å²) in [5, 5.41) is 11.2. The Morgan fingerprint density at radius 1 is 1.17 bits per heavy atom. The molecule has 1 aromatic carbocycles. The van der Waals surface area contributed by atoms with Crippen molar-refractivity contribution < 1.29 is 9.72 Å². The van der Waals surface area contributed by atoms with Crippen LogP contribution in [0.3, 0.4) is 0 Å².